The van der Waals surface area contributed by atoms with Crippen molar-refractivity contribution >= 4 is 38.9 Å². The standard InChI is InChI=1S/C22H19ClN4O4S/c1-3-17-12-19(14-7-9-15(23)10-8-14)26-21-20(13-24-27(17)21)31-22(28)25-16-5-4-6-18(11-16)32(2,29)30/h4-13H,3H2,1-2H3,(H,25,28). The number of anilines is 1. The summed E-state index contributed by atoms with van der Waals surface area (Å²) in [4.78, 5) is 17.2. The Morgan fingerprint density at radius 2 is 1.91 bits per heavy atom. The molecule has 1 amide bonds. The van der Waals surface area contributed by atoms with Crippen molar-refractivity contribution in [2.24, 2.45) is 0 Å². The molecule has 0 unspecified atom stereocenters. The average Bonchev–Trinajstić information content (AvgIpc) is 3.15. The van der Waals surface area contributed by atoms with Gasteiger partial charge in [-0.3, -0.25) is 5.32 Å². The number of aromatic nitrogens is 3. The van der Waals surface area contributed by atoms with Gasteiger partial charge >= 0.3 is 6.09 Å². The van der Waals surface area contributed by atoms with Crippen LogP contribution in [0.25, 0.3) is 16.9 Å². The minimum Gasteiger partial charge on any atom is -0.404 e. The van der Waals surface area contributed by atoms with Gasteiger partial charge in [0.15, 0.2) is 21.2 Å². The number of hydrogen-bond acceptors (Lipinski definition) is 6. The predicted octanol–water partition coefficient (Wildman–Crippen LogP) is 4.63. The maximum absolute atomic E-state index is 12.5. The van der Waals surface area contributed by atoms with Gasteiger partial charge in [0, 0.05) is 28.2 Å². The highest BCUT2D eigenvalue weighted by molar-refractivity contribution is 7.90. The summed E-state index contributed by atoms with van der Waals surface area (Å²) < 4.78 is 30.5. The number of hydrogen-bond donors (Lipinski definition) is 1. The van der Waals surface area contributed by atoms with E-state index in [1.807, 2.05) is 25.1 Å². The molecule has 32 heavy (non-hydrogen) atoms. The van der Waals surface area contributed by atoms with Gasteiger partial charge in [0.1, 0.15) is 0 Å². The van der Waals surface area contributed by atoms with Crippen LogP contribution in [0.3, 0.4) is 0 Å². The molecule has 4 rings (SSSR count). The Bertz CT molecular complexity index is 1420. The molecule has 0 radical (unpaired) electrons. The maximum atomic E-state index is 12.5. The first-order valence-electron chi connectivity index (χ1n) is 9.67. The van der Waals surface area contributed by atoms with Crippen molar-refractivity contribution in [1.82, 2.24) is 14.6 Å². The Hall–Kier alpha value is -3.43. The summed E-state index contributed by atoms with van der Waals surface area (Å²) in [6.07, 6.45) is 2.41. The zero-order valence-corrected chi connectivity index (χ0v) is 18.8. The number of amides is 1. The molecule has 0 spiro atoms. The maximum Gasteiger partial charge on any atom is 0.417 e. The van der Waals surface area contributed by atoms with Crippen LogP contribution in [0, 0.1) is 0 Å². The van der Waals surface area contributed by atoms with Crippen LogP contribution in [0.4, 0.5) is 10.5 Å². The first kappa shape index (κ1) is 21.8. The monoisotopic (exact) mass is 470 g/mol. The SMILES string of the molecule is CCc1cc(-c2ccc(Cl)cc2)nc2c(OC(=O)Nc3cccc(S(C)(=O)=O)c3)cnn12. The summed E-state index contributed by atoms with van der Waals surface area (Å²) >= 11 is 5.99. The lowest BCUT2D eigenvalue weighted by atomic mass is 10.1. The highest BCUT2D eigenvalue weighted by Crippen LogP contribution is 2.26. The molecule has 4 aromatic rings. The molecule has 0 atom stereocenters. The third-order valence-corrected chi connectivity index (χ3v) is 6.09. The van der Waals surface area contributed by atoms with Crippen LogP contribution >= 0.6 is 11.6 Å². The van der Waals surface area contributed by atoms with Crippen LogP contribution in [-0.4, -0.2) is 35.4 Å². The second-order valence-electron chi connectivity index (χ2n) is 7.05. The molecule has 0 aliphatic rings. The van der Waals surface area contributed by atoms with Crippen molar-refractivity contribution in [2.75, 3.05) is 11.6 Å². The van der Waals surface area contributed by atoms with E-state index in [-0.39, 0.29) is 10.6 Å². The molecule has 2 aromatic heterocycles. The smallest absolute Gasteiger partial charge is 0.404 e. The van der Waals surface area contributed by atoms with Crippen LogP contribution < -0.4 is 10.1 Å². The number of rotatable bonds is 5. The van der Waals surface area contributed by atoms with E-state index >= 15 is 0 Å². The zero-order valence-electron chi connectivity index (χ0n) is 17.2. The van der Waals surface area contributed by atoms with E-state index in [1.165, 1.54) is 24.4 Å². The Kier molecular flexibility index (Phi) is 5.86. The van der Waals surface area contributed by atoms with Crippen molar-refractivity contribution in [3.8, 4) is 17.0 Å². The molecular weight excluding hydrogens is 452 g/mol. The molecule has 0 aliphatic heterocycles. The molecule has 0 aliphatic carbocycles. The van der Waals surface area contributed by atoms with E-state index in [4.69, 9.17) is 16.3 Å². The van der Waals surface area contributed by atoms with E-state index in [9.17, 15) is 13.2 Å². The number of fused-ring (bicyclic) bond motifs is 1. The van der Waals surface area contributed by atoms with Crippen molar-refractivity contribution in [2.45, 2.75) is 18.2 Å². The lowest BCUT2D eigenvalue weighted by molar-refractivity contribution is 0.215. The molecular formula is C22H19ClN4O4S. The van der Waals surface area contributed by atoms with Gasteiger partial charge in [-0.2, -0.15) is 5.10 Å². The van der Waals surface area contributed by atoms with Crippen molar-refractivity contribution < 1.29 is 17.9 Å². The summed E-state index contributed by atoms with van der Waals surface area (Å²) in [7, 11) is -3.41. The summed E-state index contributed by atoms with van der Waals surface area (Å²) in [6, 6.07) is 15.1. The van der Waals surface area contributed by atoms with E-state index in [1.54, 1.807) is 22.7 Å². The Balaban J connectivity index is 1.64. The second kappa shape index (κ2) is 8.60. The third-order valence-electron chi connectivity index (χ3n) is 4.73. The lowest BCUT2D eigenvalue weighted by Gasteiger charge is -2.09. The molecule has 164 valence electrons. The van der Waals surface area contributed by atoms with Gasteiger partial charge in [-0.25, -0.2) is 22.7 Å². The van der Waals surface area contributed by atoms with Crippen molar-refractivity contribution in [3.63, 3.8) is 0 Å². The van der Waals surface area contributed by atoms with Crippen molar-refractivity contribution in [3.05, 3.63) is 71.5 Å². The number of sulfone groups is 1. The van der Waals surface area contributed by atoms with E-state index in [2.05, 4.69) is 15.4 Å². The largest absolute Gasteiger partial charge is 0.417 e. The number of carbonyl (C=O) groups is 1. The number of nitrogens with zero attached hydrogens (tertiary/aromatic N) is 3. The second-order valence-corrected chi connectivity index (χ2v) is 9.50. The summed E-state index contributed by atoms with van der Waals surface area (Å²) in [5.41, 5.74) is 3.11. The first-order valence-corrected chi connectivity index (χ1v) is 11.9. The van der Waals surface area contributed by atoms with Crippen LogP contribution in [0.15, 0.2) is 65.7 Å². The van der Waals surface area contributed by atoms with Gasteiger partial charge in [-0.05, 0) is 42.8 Å². The Morgan fingerprint density at radius 3 is 2.59 bits per heavy atom. The van der Waals surface area contributed by atoms with Gasteiger partial charge in [0.25, 0.3) is 0 Å². The Morgan fingerprint density at radius 1 is 1.16 bits per heavy atom. The number of ether oxygens (including phenoxy) is 1. The van der Waals surface area contributed by atoms with Crippen LogP contribution in [0.2, 0.25) is 5.02 Å². The van der Waals surface area contributed by atoms with Gasteiger partial charge in [-0.15, -0.1) is 0 Å². The minimum absolute atomic E-state index is 0.0909. The molecule has 2 aromatic carbocycles. The van der Waals surface area contributed by atoms with E-state index in [0.29, 0.717) is 28.5 Å². The van der Waals surface area contributed by atoms with Gasteiger partial charge in [0.05, 0.1) is 16.8 Å². The quantitative estimate of drug-likeness (QED) is 0.456. The van der Waals surface area contributed by atoms with Gasteiger partial charge in [0.2, 0.25) is 0 Å². The summed E-state index contributed by atoms with van der Waals surface area (Å²) in [6.45, 7) is 1.99. The molecule has 10 heteroatoms. The molecule has 0 saturated heterocycles. The number of carbonyl (C=O) groups excluding carboxylic acids is 1. The fraction of sp³-hybridized carbons (Fsp3) is 0.136. The highest BCUT2D eigenvalue weighted by Gasteiger charge is 2.16. The predicted molar refractivity (Wildman–Crippen MR) is 122 cm³/mol. The van der Waals surface area contributed by atoms with E-state index < -0.39 is 15.9 Å². The fourth-order valence-corrected chi connectivity index (χ4v) is 3.94. The molecule has 0 bridgehead atoms. The lowest BCUT2D eigenvalue weighted by Crippen LogP contribution is -2.17. The average molecular weight is 471 g/mol. The van der Waals surface area contributed by atoms with Crippen LogP contribution in [0.5, 0.6) is 5.75 Å². The van der Waals surface area contributed by atoms with E-state index in [0.717, 1.165) is 17.5 Å². The molecule has 0 fully saturated rings. The molecule has 2 heterocycles. The highest BCUT2D eigenvalue weighted by atomic mass is 35.5. The number of halogens is 1. The fourth-order valence-electron chi connectivity index (χ4n) is 3.15. The van der Waals surface area contributed by atoms with Crippen LogP contribution in [0.1, 0.15) is 12.6 Å². The summed E-state index contributed by atoms with van der Waals surface area (Å²) in [5.74, 6) is 0.173. The molecule has 1 N–H and O–H groups in total. The van der Waals surface area contributed by atoms with Crippen molar-refractivity contribution in [1.29, 1.82) is 0 Å². The topological polar surface area (TPSA) is 103 Å². The summed E-state index contributed by atoms with van der Waals surface area (Å²) in [5, 5.41) is 7.45. The normalized spacial score (nSPS) is 11.5. The number of aryl methyl sites for hydroxylation is 1. The molecule has 0 saturated carbocycles. The molecule has 8 nitrogen and oxygen atoms in total. The van der Waals surface area contributed by atoms with Crippen LogP contribution in [-0.2, 0) is 16.3 Å². The van der Waals surface area contributed by atoms with Gasteiger partial charge < -0.3 is 4.74 Å². The minimum atomic E-state index is -3.41. The number of nitrogens with one attached hydrogen (secondary N) is 1. The zero-order chi connectivity index (χ0) is 22.9. The first-order chi connectivity index (χ1) is 15.2. The third kappa shape index (κ3) is 4.58. The Labute approximate surface area is 189 Å². The number of benzene rings is 2. The van der Waals surface area contributed by atoms with Gasteiger partial charge in [-0.1, -0.05) is 36.7 Å².